The van der Waals surface area contributed by atoms with Gasteiger partial charge in [-0.15, -0.1) is 0 Å². The Morgan fingerprint density at radius 2 is 2.00 bits per heavy atom. The SMILES string of the molecule is CCCCCOP(=O)(O)O.[H-].[Na+]. The van der Waals surface area contributed by atoms with E-state index in [2.05, 4.69) is 4.52 Å². The summed E-state index contributed by atoms with van der Waals surface area (Å²) in [5.74, 6) is 0. The molecular weight excluding hydrogens is 178 g/mol. The van der Waals surface area contributed by atoms with Crippen molar-refractivity contribution < 1.29 is 49.9 Å². The molecule has 0 amide bonds. The Balaban J connectivity index is -0.000000405. The van der Waals surface area contributed by atoms with E-state index in [9.17, 15) is 4.57 Å². The van der Waals surface area contributed by atoms with Crippen molar-refractivity contribution in [3.8, 4) is 0 Å². The second-order valence-electron chi connectivity index (χ2n) is 2.03. The van der Waals surface area contributed by atoms with Crippen molar-refractivity contribution in [1.29, 1.82) is 0 Å². The maximum atomic E-state index is 10.1. The summed E-state index contributed by atoms with van der Waals surface area (Å²) in [6.45, 7) is 2.16. The number of unbranched alkanes of at least 4 members (excludes halogenated alkanes) is 2. The first-order valence-electron chi connectivity index (χ1n) is 3.26. The van der Waals surface area contributed by atoms with Crippen molar-refractivity contribution in [2.45, 2.75) is 26.2 Å². The third-order valence-electron chi connectivity index (χ3n) is 1.01. The summed E-state index contributed by atoms with van der Waals surface area (Å²) in [6.07, 6.45) is 2.67. The van der Waals surface area contributed by atoms with Crippen LogP contribution in [0.1, 0.15) is 27.6 Å². The number of phosphoric acid groups is 1. The quantitative estimate of drug-likeness (QED) is 0.313. The van der Waals surface area contributed by atoms with Crippen molar-refractivity contribution in [2.24, 2.45) is 0 Å². The summed E-state index contributed by atoms with van der Waals surface area (Å²) in [6, 6.07) is 0. The van der Waals surface area contributed by atoms with Gasteiger partial charge in [0.05, 0.1) is 6.61 Å². The maximum Gasteiger partial charge on any atom is 1.00 e. The fourth-order valence-corrected chi connectivity index (χ4v) is 0.902. The minimum absolute atomic E-state index is 0. The standard InChI is InChI=1S/C5H13O4P.Na.H/c1-2-3-4-5-9-10(6,7)8;;/h2-5H2,1H3,(H2,6,7,8);;/q;+1;-1. The summed E-state index contributed by atoms with van der Waals surface area (Å²) in [4.78, 5) is 16.4. The smallest absolute Gasteiger partial charge is 1.00 e. The second kappa shape index (κ2) is 7.74. The number of rotatable bonds is 5. The van der Waals surface area contributed by atoms with Gasteiger partial charge in [0, 0.05) is 0 Å². The molecule has 0 unspecified atom stereocenters. The number of phosphoric ester groups is 1. The van der Waals surface area contributed by atoms with Crippen LogP contribution in [0, 0.1) is 0 Å². The van der Waals surface area contributed by atoms with E-state index in [-0.39, 0.29) is 37.6 Å². The molecular formula is C5H14NaO4P. The molecule has 11 heavy (non-hydrogen) atoms. The molecule has 0 heterocycles. The van der Waals surface area contributed by atoms with Crippen LogP contribution in [0.5, 0.6) is 0 Å². The Kier molecular flexibility index (Phi) is 10.3. The Bertz CT molecular complexity index is 129. The summed E-state index contributed by atoms with van der Waals surface area (Å²) in [5.41, 5.74) is 0. The molecule has 0 fully saturated rings. The molecule has 0 aromatic rings. The van der Waals surface area contributed by atoms with Gasteiger partial charge >= 0.3 is 37.4 Å². The zero-order chi connectivity index (χ0) is 8.04. The van der Waals surface area contributed by atoms with E-state index >= 15 is 0 Å². The van der Waals surface area contributed by atoms with Gasteiger partial charge in [0.15, 0.2) is 0 Å². The molecule has 0 spiro atoms. The van der Waals surface area contributed by atoms with Gasteiger partial charge in [0.25, 0.3) is 0 Å². The molecule has 0 aliphatic heterocycles. The van der Waals surface area contributed by atoms with Crippen molar-refractivity contribution in [3.05, 3.63) is 0 Å². The number of hydrogen-bond donors (Lipinski definition) is 2. The van der Waals surface area contributed by atoms with E-state index in [0.29, 0.717) is 6.42 Å². The monoisotopic (exact) mass is 192 g/mol. The zero-order valence-corrected chi connectivity index (χ0v) is 9.88. The number of hydrogen-bond acceptors (Lipinski definition) is 2. The van der Waals surface area contributed by atoms with Gasteiger partial charge in [-0.25, -0.2) is 4.57 Å². The minimum Gasteiger partial charge on any atom is -1.00 e. The average molecular weight is 192 g/mol. The Labute approximate surface area is 90.3 Å². The van der Waals surface area contributed by atoms with Crippen molar-refractivity contribution >= 4 is 7.82 Å². The maximum absolute atomic E-state index is 10.1. The second-order valence-corrected chi connectivity index (χ2v) is 3.27. The molecule has 0 radical (unpaired) electrons. The van der Waals surface area contributed by atoms with E-state index < -0.39 is 7.82 Å². The molecule has 0 rings (SSSR count). The molecule has 0 aromatic carbocycles. The summed E-state index contributed by atoms with van der Waals surface area (Å²) in [7, 11) is -4.21. The van der Waals surface area contributed by atoms with Gasteiger partial charge in [-0.1, -0.05) is 19.8 Å². The summed E-state index contributed by atoms with van der Waals surface area (Å²) >= 11 is 0. The summed E-state index contributed by atoms with van der Waals surface area (Å²) in [5, 5.41) is 0. The van der Waals surface area contributed by atoms with Gasteiger partial charge in [-0.05, 0) is 6.42 Å². The average Bonchev–Trinajstić information content (AvgIpc) is 1.78. The van der Waals surface area contributed by atoms with Crippen molar-refractivity contribution in [3.63, 3.8) is 0 Å². The van der Waals surface area contributed by atoms with Crippen molar-refractivity contribution in [2.75, 3.05) is 6.61 Å². The fourth-order valence-electron chi connectivity index (χ4n) is 0.536. The first-order valence-corrected chi connectivity index (χ1v) is 4.79. The molecule has 0 aliphatic rings. The van der Waals surface area contributed by atoms with Gasteiger partial charge in [-0.2, -0.15) is 0 Å². The molecule has 0 aromatic heterocycles. The van der Waals surface area contributed by atoms with Gasteiger partial charge in [0.2, 0.25) is 0 Å². The van der Waals surface area contributed by atoms with E-state index in [0.717, 1.165) is 12.8 Å². The predicted molar refractivity (Wildman–Crippen MR) is 38.6 cm³/mol. The molecule has 0 bridgehead atoms. The Morgan fingerprint density at radius 3 is 2.36 bits per heavy atom. The van der Waals surface area contributed by atoms with Crippen LogP contribution in [0.25, 0.3) is 0 Å². The van der Waals surface area contributed by atoms with E-state index in [1.165, 1.54) is 0 Å². The van der Waals surface area contributed by atoms with Crippen LogP contribution in [0.15, 0.2) is 0 Å². The van der Waals surface area contributed by atoms with Gasteiger partial charge in [0.1, 0.15) is 0 Å². The third-order valence-corrected chi connectivity index (χ3v) is 1.53. The van der Waals surface area contributed by atoms with Crippen LogP contribution in [-0.4, -0.2) is 16.4 Å². The minimum atomic E-state index is -4.21. The van der Waals surface area contributed by atoms with Crippen LogP contribution >= 0.6 is 7.82 Å². The van der Waals surface area contributed by atoms with Crippen LogP contribution in [-0.2, 0) is 9.09 Å². The molecule has 64 valence electrons. The Hall–Kier alpha value is 1.11. The first-order chi connectivity index (χ1) is 4.56. The predicted octanol–water partition coefficient (Wildman–Crippen LogP) is -1.60. The van der Waals surface area contributed by atoms with E-state index in [4.69, 9.17) is 9.79 Å². The van der Waals surface area contributed by atoms with E-state index in [1.807, 2.05) is 6.92 Å². The Morgan fingerprint density at radius 1 is 1.45 bits per heavy atom. The van der Waals surface area contributed by atoms with Crippen molar-refractivity contribution in [1.82, 2.24) is 0 Å². The molecule has 0 saturated carbocycles. The normalized spacial score (nSPS) is 10.8. The summed E-state index contributed by atoms with van der Waals surface area (Å²) < 4.78 is 14.3. The molecule has 0 aliphatic carbocycles. The topological polar surface area (TPSA) is 66.8 Å². The van der Waals surface area contributed by atoms with Crippen LogP contribution < -0.4 is 29.6 Å². The van der Waals surface area contributed by atoms with Gasteiger partial charge in [-0.3, -0.25) is 4.52 Å². The first kappa shape index (κ1) is 14.6. The molecule has 6 heteroatoms. The van der Waals surface area contributed by atoms with Crippen LogP contribution in [0.4, 0.5) is 0 Å². The van der Waals surface area contributed by atoms with Crippen LogP contribution in [0.3, 0.4) is 0 Å². The van der Waals surface area contributed by atoms with E-state index in [1.54, 1.807) is 0 Å². The molecule has 2 N–H and O–H groups in total. The van der Waals surface area contributed by atoms with Gasteiger partial charge < -0.3 is 11.2 Å². The zero-order valence-electron chi connectivity index (χ0n) is 7.99. The third kappa shape index (κ3) is 14.0. The molecule has 0 saturated heterocycles. The molecule has 0 atom stereocenters. The fraction of sp³-hybridized carbons (Fsp3) is 1.00. The molecule has 4 nitrogen and oxygen atoms in total. The van der Waals surface area contributed by atoms with Crippen LogP contribution in [0.2, 0.25) is 0 Å². The largest absolute Gasteiger partial charge is 1.00 e.